The Hall–Kier alpha value is -2.70. The Balaban J connectivity index is 1.62. The number of hydrogen-bond donors (Lipinski definition) is 2. The number of aromatic nitrogens is 2. The van der Waals surface area contributed by atoms with Crippen LogP contribution >= 0.6 is 0 Å². The summed E-state index contributed by atoms with van der Waals surface area (Å²) in [6, 6.07) is 6.64. The maximum absolute atomic E-state index is 13.5. The number of carbonyl (C=O) groups is 1. The van der Waals surface area contributed by atoms with Crippen LogP contribution in [0.5, 0.6) is 0 Å². The molecule has 1 aliphatic rings. The summed E-state index contributed by atoms with van der Waals surface area (Å²) in [5, 5.41) is 12.1. The van der Waals surface area contributed by atoms with Crippen LogP contribution in [0, 0.1) is 5.82 Å². The molecule has 23 heavy (non-hydrogen) atoms. The Morgan fingerprint density at radius 3 is 3.00 bits per heavy atom. The van der Waals surface area contributed by atoms with Gasteiger partial charge in [0.15, 0.2) is 0 Å². The van der Waals surface area contributed by atoms with Crippen LogP contribution in [-0.4, -0.2) is 39.2 Å². The molecule has 0 atom stereocenters. The summed E-state index contributed by atoms with van der Waals surface area (Å²) in [6.07, 6.45) is 1.93. The van der Waals surface area contributed by atoms with E-state index >= 15 is 0 Å². The summed E-state index contributed by atoms with van der Waals surface area (Å²) >= 11 is 0. The molecule has 0 fully saturated rings. The molecule has 0 saturated heterocycles. The molecule has 1 aromatic heterocycles. The van der Waals surface area contributed by atoms with Crippen LogP contribution in [0.25, 0.3) is 0 Å². The highest BCUT2D eigenvalue weighted by molar-refractivity contribution is 5.65. The van der Waals surface area contributed by atoms with Crippen molar-refractivity contribution in [2.45, 2.75) is 19.4 Å². The van der Waals surface area contributed by atoms with Gasteiger partial charge in [-0.25, -0.2) is 19.2 Å². The molecule has 3 rings (SSSR count). The molecular weight excluding hydrogens is 299 g/mol. The molecule has 0 unspecified atom stereocenters. The second-order valence-corrected chi connectivity index (χ2v) is 5.39. The number of halogens is 1. The van der Waals surface area contributed by atoms with Gasteiger partial charge in [-0.3, -0.25) is 0 Å². The summed E-state index contributed by atoms with van der Waals surface area (Å²) in [5.41, 5.74) is 2.33. The average Bonchev–Trinajstić information content (AvgIpc) is 2.56. The number of nitrogens with one attached hydrogen (secondary N) is 1. The third kappa shape index (κ3) is 3.56. The first kappa shape index (κ1) is 15.2. The maximum atomic E-state index is 13.5. The van der Waals surface area contributed by atoms with Crippen molar-refractivity contribution in [2.24, 2.45) is 0 Å². The highest BCUT2D eigenvalue weighted by atomic mass is 19.1. The van der Waals surface area contributed by atoms with Gasteiger partial charge in [0.2, 0.25) is 5.95 Å². The Bertz CT molecular complexity index is 723. The average molecular weight is 316 g/mol. The van der Waals surface area contributed by atoms with Crippen LogP contribution in [-0.2, 0) is 19.4 Å². The number of nitrogens with zero attached hydrogens (tertiary/aromatic N) is 3. The van der Waals surface area contributed by atoms with Crippen molar-refractivity contribution in [1.82, 2.24) is 14.9 Å². The lowest BCUT2D eigenvalue weighted by Gasteiger charge is -2.25. The lowest BCUT2D eigenvalue weighted by atomic mass is 10.1. The van der Waals surface area contributed by atoms with E-state index in [-0.39, 0.29) is 12.4 Å². The number of rotatable bonds is 4. The van der Waals surface area contributed by atoms with E-state index in [0.717, 1.165) is 11.3 Å². The fourth-order valence-corrected chi connectivity index (χ4v) is 2.56. The molecule has 2 N–H and O–H groups in total. The minimum atomic E-state index is -0.941. The number of anilines is 1. The predicted octanol–water partition coefficient (Wildman–Crippen LogP) is 2.31. The molecule has 6 nitrogen and oxygen atoms in total. The van der Waals surface area contributed by atoms with Crippen LogP contribution in [0.4, 0.5) is 15.1 Å². The zero-order valence-corrected chi connectivity index (χ0v) is 12.5. The van der Waals surface area contributed by atoms with Crippen molar-refractivity contribution in [2.75, 3.05) is 18.4 Å². The molecule has 1 aliphatic heterocycles. The zero-order chi connectivity index (χ0) is 16.2. The van der Waals surface area contributed by atoms with Crippen molar-refractivity contribution in [3.8, 4) is 0 Å². The molecule has 1 amide bonds. The largest absolute Gasteiger partial charge is 0.465 e. The molecule has 0 aliphatic carbocycles. The van der Waals surface area contributed by atoms with Gasteiger partial charge in [0.1, 0.15) is 5.82 Å². The number of fused-ring (bicyclic) bond motifs is 1. The third-order valence-electron chi connectivity index (χ3n) is 3.85. The second-order valence-electron chi connectivity index (χ2n) is 5.39. The molecule has 0 bridgehead atoms. The summed E-state index contributed by atoms with van der Waals surface area (Å²) < 4.78 is 13.5. The van der Waals surface area contributed by atoms with Crippen molar-refractivity contribution < 1.29 is 14.3 Å². The minimum Gasteiger partial charge on any atom is -0.465 e. The van der Waals surface area contributed by atoms with Crippen LogP contribution in [0.1, 0.15) is 16.8 Å². The monoisotopic (exact) mass is 316 g/mol. The predicted molar refractivity (Wildman–Crippen MR) is 82.8 cm³/mol. The van der Waals surface area contributed by atoms with Crippen molar-refractivity contribution >= 4 is 12.0 Å². The Morgan fingerprint density at radius 2 is 2.22 bits per heavy atom. The maximum Gasteiger partial charge on any atom is 0.407 e. The van der Waals surface area contributed by atoms with Crippen LogP contribution < -0.4 is 5.32 Å². The van der Waals surface area contributed by atoms with E-state index in [0.29, 0.717) is 37.4 Å². The van der Waals surface area contributed by atoms with Gasteiger partial charge in [-0.2, -0.15) is 0 Å². The van der Waals surface area contributed by atoms with E-state index in [9.17, 15) is 9.18 Å². The van der Waals surface area contributed by atoms with Crippen LogP contribution in [0.3, 0.4) is 0 Å². The summed E-state index contributed by atoms with van der Waals surface area (Å²) in [6.45, 7) is 1.24. The van der Waals surface area contributed by atoms with E-state index in [1.165, 1.54) is 11.0 Å². The van der Waals surface area contributed by atoms with Gasteiger partial charge in [0.25, 0.3) is 0 Å². The SMILES string of the molecule is O=C(O)N1CCc2cnc(NCCc3ccccc3F)nc2C1. The lowest BCUT2D eigenvalue weighted by molar-refractivity contribution is 0.139. The molecule has 120 valence electrons. The number of amides is 1. The Labute approximate surface area is 133 Å². The number of hydrogen-bond acceptors (Lipinski definition) is 4. The molecule has 1 aromatic carbocycles. The standard InChI is InChI=1S/C16H17FN4O2/c17-13-4-2-1-3-11(13)5-7-18-15-19-9-12-6-8-21(16(22)23)10-14(12)20-15/h1-4,9H,5-8,10H2,(H,22,23)(H,18,19,20). The molecular formula is C16H17FN4O2. The van der Waals surface area contributed by atoms with E-state index in [1.54, 1.807) is 24.4 Å². The number of carboxylic acid groups (broad SMARTS) is 1. The third-order valence-corrected chi connectivity index (χ3v) is 3.85. The molecule has 0 saturated carbocycles. The van der Waals surface area contributed by atoms with E-state index in [2.05, 4.69) is 15.3 Å². The first-order chi connectivity index (χ1) is 11.1. The highest BCUT2D eigenvalue weighted by Crippen LogP contribution is 2.17. The van der Waals surface area contributed by atoms with Gasteiger partial charge in [-0.05, 0) is 30.0 Å². The first-order valence-electron chi connectivity index (χ1n) is 7.43. The fraction of sp³-hybridized carbons (Fsp3) is 0.312. The first-order valence-corrected chi connectivity index (χ1v) is 7.43. The summed E-state index contributed by atoms with van der Waals surface area (Å²) in [5.74, 6) is 0.213. The smallest absolute Gasteiger partial charge is 0.407 e. The van der Waals surface area contributed by atoms with Gasteiger partial charge < -0.3 is 15.3 Å². The quantitative estimate of drug-likeness (QED) is 0.905. The molecule has 7 heteroatoms. The molecule has 0 radical (unpaired) electrons. The van der Waals surface area contributed by atoms with Crippen molar-refractivity contribution in [1.29, 1.82) is 0 Å². The minimum absolute atomic E-state index is 0.224. The lowest BCUT2D eigenvalue weighted by Crippen LogP contribution is -2.35. The van der Waals surface area contributed by atoms with Crippen molar-refractivity contribution in [3.63, 3.8) is 0 Å². The van der Waals surface area contributed by atoms with Crippen molar-refractivity contribution in [3.05, 3.63) is 53.1 Å². The number of benzene rings is 1. The molecule has 2 heterocycles. The topological polar surface area (TPSA) is 78.3 Å². The second kappa shape index (κ2) is 6.60. The van der Waals surface area contributed by atoms with Crippen LogP contribution in [0.2, 0.25) is 0 Å². The van der Waals surface area contributed by atoms with Crippen LogP contribution in [0.15, 0.2) is 30.5 Å². The molecule has 2 aromatic rings. The van der Waals surface area contributed by atoms with Gasteiger partial charge in [-0.15, -0.1) is 0 Å². The zero-order valence-electron chi connectivity index (χ0n) is 12.5. The van der Waals surface area contributed by atoms with Gasteiger partial charge in [-0.1, -0.05) is 18.2 Å². The Kier molecular flexibility index (Phi) is 4.36. The Morgan fingerprint density at radius 1 is 1.39 bits per heavy atom. The fourth-order valence-electron chi connectivity index (χ4n) is 2.56. The van der Waals surface area contributed by atoms with Gasteiger partial charge in [0.05, 0.1) is 12.2 Å². The molecule has 0 spiro atoms. The summed E-state index contributed by atoms with van der Waals surface area (Å²) in [7, 11) is 0. The highest BCUT2D eigenvalue weighted by Gasteiger charge is 2.21. The van der Waals surface area contributed by atoms with E-state index < -0.39 is 6.09 Å². The summed E-state index contributed by atoms with van der Waals surface area (Å²) in [4.78, 5) is 21.0. The van der Waals surface area contributed by atoms with Gasteiger partial charge >= 0.3 is 6.09 Å². The normalized spacial score (nSPS) is 13.5. The van der Waals surface area contributed by atoms with E-state index in [4.69, 9.17) is 5.11 Å². The van der Waals surface area contributed by atoms with E-state index in [1.807, 2.05) is 0 Å². The van der Waals surface area contributed by atoms with Gasteiger partial charge in [0, 0.05) is 19.3 Å².